The maximum atomic E-state index is 11.6. The lowest BCUT2D eigenvalue weighted by molar-refractivity contribution is -0.114. The number of carbonyl (C=O) groups is 1. The molecule has 0 saturated heterocycles. The standard InChI is InChI=1S/C22H18N4O2.ClH/c1-4-15-7-6-8-17(9-15)26-22-16(12-23)13-24-19-11-21(28-5-2)20(10-18(19)22)25-14(3)27;/h1,6-11,13H,5H2,2-3H3,(H,24,26)(H,25,27);1H. The van der Waals surface area contributed by atoms with Crippen LogP contribution < -0.4 is 15.4 Å². The van der Waals surface area contributed by atoms with E-state index in [1.807, 2.05) is 31.2 Å². The van der Waals surface area contributed by atoms with Crippen LogP contribution in [0.3, 0.4) is 0 Å². The Morgan fingerprint density at radius 3 is 2.76 bits per heavy atom. The molecule has 0 aliphatic rings. The lowest BCUT2D eigenvalue weighted by atomic mass is 10.1. The second kappa shape index (κ2) is 9.45. The number of amides is 1. The van der Waals surface area contributed by atoms with E-state index >= 15 is 0 Å². The Labute approximate surface area is 175 Å². The second-order valence-electron chi connectivity index (χ2n) is 5.99. The van der Waals surface area contributed by atoms with Crippen LogP contribution in [0, 0.1) is 23.7 Å². The third-order valence-electron chi connectivity index (χ3n) is 4.00. The molecule has 0 aliphatic heterocycles. The first-order chi connectivity index (χ1) is 13.5. The van der Waals surface area contributed by atoms with Gasteiger partial charge < -0.3 is 15.4 Å². The van der Waals surface area contributed by atoms with E-state index in [2.05, 4.69) is 27.6 Å². The number of anilines is 3. The SMILES string of the molecule is C#Cc1cccc(Nc2c(C#N)cnc3cc(OCC)c(NC(C)=O)cc23)c1.Cl. The van der Waals surface area contributed by atoms with Crippen molar-refractivity contribution in [2.75, 3.05) is 17.2 Å². The van der Waals surface area contributed by atoms with Gasteiger partial charge in [0.2, 0.25) is 5.91 Å². The highest BCUT2D eigenvalue weighted by atomic mass is 35.5. The van der Waals surface area contributed by atoms with Crippen LogP contribution in [-0.4, -0.2) is 17.5 Å². The zero-order valence-electron chi connectivity index (χ0n) is 15.9. The maximum Gasteiger partial charge on any atom is 0.221 e. The first-order valence-corrected chi connectivity index (χ1v) is 8.66. The van der Waals surface area contributed by atoms with Gasteiger partial charge in [0.1, 0.15) is 11.8 Å². The summed E-state index contributed by atoms with van der Waals surface area (Å²) in [5.41, 5.74) is 3.56. The first-order valence-electron chi connectivity index (χ1n) is 8.66. The smallest absolute Gasteiger partial charge is 0.221 e. The van der Waals surface area contributed by atoms with E-state index in [-0.39, 0.29) is 18.3 Å². The zero-order valence-corrected chi connectivity index (χ0v) is 16.8. The molecule has 3 rings (SSSR count). The van der Waals surface area contributed by atoms with Crippen molar-refractivity contribution >= 4 is 46.3 Å². The molecule has 7 heteroatoms. The molecule has 1 amide bonds. The van der Waals surface area contributed by atoms with E-state index in [0.29, 0.717) is 40.2 Å². The highest BCUT2D eigenvalue weighted by Gasteiger charge is 2.14. The Morgan fingerprint density at radius 1 is 1.31 bits per heavy atom. The summed E-state index contributed by atoms with van der Waals surface area (Å²) < 4.78 is 5.63. The number of aromatic nitrogens is 1. The number of hydrogen-bond acceptors (Lipinski definition) is 5. The van der Waals surface area contributed by atoms with Crippen LogP contribution in [0.5, 0.6) is 5.75 Å². The topological polar surface area (TPSA) is 87.0 Å². The van der Waals surface area contributed by atoms with Gasteiger partial charge in [-0.2, -0.15) is 5.26 Å². The van der Waals surface area contributed by atoms with Crippen LogP contribution >= 0.6 is 12.4 Å². The summed E-state index contributed by atoms with van der Waals surface area (Å²) in [4.78, 5) is 16.0. The molecule has 0 spiro atoms. The summed E-state index contributed by atoms with van der Waals surface area (Å²) in [6.45, 7) is 3.73. The maximum absolute atomic E-state index is 11.6. The normalized spacial score (nSPS) is 9.66. The Bertz CT molecular complexity index is 1150. The molecule has 0 radical (unpaired) electrons. The number of nitrogens with zero attached hydrogens (tertiary/aromatic N) is 2. The number of pyridine rings is 1. The van der Waals surface area contributed by atoms with E-state index in [1.54, 1.807) is 12.1 Å². The molecule has 29 heavy (non-hydrogen) atoms. The zero-order chi connectivity index (χ0) is 20.1. The van der Waals surface area contributed by atoms with Crippen LogP contribution in [0.2, 0.25) is 0 Å². The third kappa shape index (κ3) is 4.76. The van der Waals surface area contributed by atoms with E-state index < -0.39 is 0 Å². The number of fused-ring (bicyclic) bond motifs is 1. The van der Waals surface area contributed by atoms with E-state index in [1.165, 1.54) is 13.1 Å². The minimum Gasteiger partial charge on any atom is -0.492 e. The van der Waals surface area contributed by atoms with Crippen molar-refractivity contribution in [1.29, 1.82) is 5.26 Å². The van der Waals surface area contributed by atoms with Gasteiger partial charge in [-0.1, -0.05) is 12.0 Å². The molecule has 0 saturated carbocycles. The lowest BCUT2D eigenvalue weighted by Gasteiger charge is -2.16. The number of benzene rings is 2. The number of nitrogens with one attached hydrogen (secondary N) is 2. The van der Waals surface area contributed by atoms with Gasteiger partial charge in [-0.25, -0.2) is 0 Å². The highest BCUT2D eigenvalue weighted by Crippen LogP contribution is 2.36. The molecular formula is C22H19ClN4O2. The number of rotatable bonds is 5. The number of carbonyl (C=O) groups excluding carboxylic acids is 1. The quantitative estimate of drug-likeness (QED) is 0.604. The summed E-state index contributed by atoms with van der Waals surface area (Å²) in [5.74, 6) is 2.88. The highest BCUT2D eigenvalue weighted by molar-refractivity contribution is 6.01. The molecule has 0 bridgehead atoms. The molecule has 1 aromatic heterocycles. The van der Waals surface area contributed by atoms with Crippen molar-refractivity contribution in [3.63, 3.8) is 0 Å². The number of halogens is 1. The van der Waals surface area contributed by atoms with Gasteiger partial charge in [0.05, 0.1) is 29.1 Å². The molecular weight excluding hydrogens is 388 g/mol. The molecule has 0 unspecified atom stereocenters. The van der Waals surface area contributed by atoms with Crippen LogP contribution in [-0.2, 0) is 4.79 Å². The summed E-state index contributed by atoms with van der Waals surface area (Å²) >= 11 is 0. The lowest BCUT2D eigenvalue weighted by Crippen LogP contribution is -2.08. The Morgan fingerprint density at radius 2 is 2.10 bits per heavy atom. The van der Waals surface area contributed by atoms with Crippen molar-refractivity contribution in [1.82, 2.24) is 4.98 Å². The van der Waals surface area contributed by atoms with Crippen molar-refractivity contribution in [3.05, 3.63) is 53.7 Å². The van der Waals surface area contributed by atoms with Crippen molar-refractivity contribution in [3.8, 4) is 24.2 Å². The van der Waals surface area contributed by atoms with Crippen molar-refractivity contribution < 1.29 is 9.53 Å². The minimum atomic E-state index is -0.221. The monoisotopic (exact) mass is 406 g/mol. The predicted octanol–water partition coefficient (Wildman–Crippen LogP) is 4.61. The largest absolute Gasteiger partial charge is 0.492 e. The molecule has 0 fully saturated rings. The van der Waals surface area contributed by atoms with Gasteiger partial charge in [-0.15, -0.1) is 18.8 Å². The fraction of sp³-hybridized carbons (Fsp3) is 0.136. The molecule has 146 valence electrons. The fourth-order valence-electron chi connectivity index (χ4n) is 2.83. The Balaban J connectivity index is 0.00000300. The summed E-state index contributed by atoms with van der Waals surface area (Å²) in [6.07, 6.45) is 6.98. The van der Waals surface area contributed by atoms with Crippen LogP contribution in [0.4, 0.5) is 17.1 Å². The molecule has 2 N–H and O–H groups in total. The summed E-state index contributed by atoms with van der Waals surface area (Å²) in [5, 5.41) is 16.3. The average molecular weight is 407 g/mol. The van der Waals surface area contributed by atoms with E-state index in [4.69, 9.17) is 11.2 Å². The van der Waals surface area contributed by atoms with Crippen LogP contribution in [0.15, 0.2) is 42.6 Å². The number of ether oxygens (including phenoxy) is 1. The van der Waals surface area contributed by atoms with Crippen molar-refractivity contribution in [2.45, 2.75) is 13.8 Å². The molecule has 1 heterocycles. The van der Waals surface area contributed by atoms with Gasteiger partial charge >= 0.3 is 0 Å². The molecule has 3 aromatic rings. The summed E-state index contributed by atoms with van der Waals surface area (Å²) in [7, 11) is 0. The van der Waals surface area contributed by atoms with Crippen molar-refractivity contribution in [2.24, 2.45) is 0 Å². The Kier molecular flexibility index (Phi) is 7.03. The molecule has 2 aromatic carbocycles. The fourth-order valence-corrected chi connectivity index (χ4v) is 2.83. The second-order valence-corrected chi connectivity index (χ2v) is 5.99. The van der Waals surface area contributed by atoms with E-state index in [9.17, 15) is 10.1 Å². The van der Waals surface area contributed by atoms with Crippen LogP contribution in [0.25, 0.3) is 10.9 Å². The molecule has 0 atom stereocenters. The first kappa shape index (κ1) is 21.6. The Hall–Kier alpha value is -3.74. The van der Waals surface area contributed by atoms with Gasteiger partial charge in [-0.3, -0.25) is 9.78 Å². The van der Waals surface area contributed by atoms with E-state index in [0.717, 1.165) is 11.3 Å². The minimum absolute atomic E-state index is 0. The molecule has 6 nitrogen and oxygen atoms in total. The average Bonchev–Trinajstić information content (AvgIpc) is 2.69. The van der Waals surface area contributed by atoms with Gasteiger partial charge in [-0.05, 0) is 31.2 Å². The van der Waals surface area contributed by atoms with Gasteiger partial charge in [0, 0.05) is 35.8 Å². The number of hydrogen-bond donors (Lipinski definition) is 2. The number of nitriles is 1. The van der Waals surface area contributed by atoms with Gasteiger partial charge in [0.15, 0.2) is 0 Å². The van der Waals surface area contributed by atoms with Gasteiger partial charge in [0.25, 0.3) is 0 Å². The number of terminal acetylenes is 1. The summed E-state index contributed by atoms with van der Waals surface area (Å²) in [6, 6.07) is 13.0. The van der Waals surface area contributed by atoms with Crippen LogP contribution in [0.1, 0.15) is 25.0 Å². The molecule has 0 aliphatic carbocycles. The predicted molar refractivity (Wildman–Crippen MR) is 117 cm³/mol. The third-order valence-corrected chi connectivity index (χ3v) is 4.00.